The Morgan fingerprint density at radius 2 is 0.906 bits per heavy atom. The van der Waals surface area contributed by atoms with Crippen LogP contribution in [0.25, 0.3) is 0 Å². The number of fused-ring (bicyclic) bond motifs is 10. The average Bonchev–Trinajstić information content (AvgIpc) is 3.18. The van der Waals surface area contributed by atoms with E-state index in [-0.39, 0.29) is 23.5 Å². The molecule has 7 aromatic rings. The predicted octanol–water partition coefficient (Wildman–Crippen LogP) is 10.3. The summed E-state index contributed by atoms with van der Waals surface area (Å²) >= 11 is 0. The van der Waals surface area contributed by atoms with Gasteiger partial charge in [-0.05, 0) is 80.6 Å². The van der Waals surface area contributed by atoms with Crippen LogP contribution in [0.1, 0.15) is 72.6 Å². The van der Waals surface area contributed by atoms with E-state index in [0.717, 1.165) is 11.5 Å². The van der Waals surface area contributed by atoms with Gasteiger partial charge in [0.1, 0.15) is 11.5 Å². The van der Waals surface area contributed by atoms with Crippen molar-refractivity contribution >= 4 is 57.2 Å². The molecule has 0 amide bonds. The number of benzene rings is 7. The van der Waals surface area contributed by atoms with E-state index in [0.29, 0.717) is 0 Å². The van der Waals surface area contributed by atoms with Gasteiger partial charge in [-0.25, -0.2) is 0 Å². The van der Waals surface area contributed by atoms with Gasteiger partial charge in [0.05, 0.1) is 11.4 Å². The molecule has 7 aromatic carbocycles. The zero-order chi connectivity index (χ0) is 35.4. The maximum Gasteiger partial charge on any atom is 0.252 e. The van der Waals surface area contributed by atoms with E-state index >= 15 is 0 Å². The minimum atomic E-state index is -0.160. The molecule has 252 valence electrons. The number of rotatable bonds is 1. The third-order valence-corrected chi connectivity index (χ3v) is 13.1. The van der Waals surface area contributed by atoms with Gasteiger partial charge < -0.3 is 14.5 Å². The van der Waals surface area contributed by atoms with Crippen LogP contribution in [0.2, 0.25) is 0 Å². The van der Waals surface area contributed by atoms with Crippen molar-refractivity contribution in [3.05, 3.63) is 185 Å². The van der Waals surface area contributed by atoms with Gasteiger partial charge in [-0.2, -0.15) is 0 Å². The topological polar surface area (TPSA) is 15.7 Å². The molecule has 0 fully saturated rings. The second-order valence-corrected chi connectivity index (χ2v) is 16.5. The molecule has 12 rings (SSSR count). The third-order valence-electron chi connectivity index (χ3n) is 13.1. The monoisotopic (exact) mass is 680 g/mol. The molecular formula is C49H37BN2O. The van der Waals surface area contributed by atoms with Crippen LogP contribution in [0, 0.1) is 0 Å². The van der Waals surface area contributed by atoms with Crippen molar-refractivity contribution < 1.29 is 4.74 Å². The van der Waals surface area contributed by atoms with Crippen LogP contribution in [-0.4, -0.2) is 6.71 Å². The lowest BCUT2D eigenvalue weighted by Crippen LogP contribution is -2.63. The lowest BCUT2D eigenvalue weighted by Gasteiger charge is -2.52. The summed E-state index contributed by atoms with van der Waals surface area (Å²) in [6, 6.07) is 54.6. The highest BCUT2D eigenvalue weighted by molar-refractivity contribution is 7.00. The predicted molar refractivity (Wildman–Crippen MR) is 219 cm³/mol. The van der Waals surface area contributed by atoms with Crippen LogP contribution in [0.4, 0.5) is 34.1 Å². The molecular weight excluding hydrogens is 643 g/mol. The average molecular weight is 681 g/mol. The van der Waals surface area contributed by atoms with Gasteiger partial charge in [-0.15, -0.1) is 0 Å². The largest absolute Gasteiger partial charge is 0.457 e. The van der Waals surface area contributed by atoms with Crippen LogP contribution in [-0.2, 0) is 10.8 Å². The first-order valence-electron chi connectivity index (χ1n) is 18.9. The molecule has 0 bridgehead atoms. The number of hydrogen-bond donors (Lipinski definition) is 0. The van der Waals surface area contributed by atoms with Crippen molar-refractivity contribution in [1.82, 2.24) is 0 Å². The molecule has 0 aromatic heterocycles. The molecule has 0 N–H and O–H groups in total. The minimum absolute atomic E-state index is 0.00242. The van der Waals surface area contributed by atoms with Crippen LogP contribution >= 0.6 is 0 Å². The van der Waals surface area contributed by atoms with Gasteiger partial charge in [0.25, 0.3) is 6.71 Å². The lowest BCUT2D eigenvalue weighted by molar-refractivity contribution is 0.453. The normalized spacial score (nSPS) is 16.9. The molecule has 0 unspecified atom stereocenters. The number of hydrogen-bond acceptors (Lipinski definition) is 3. The fourth-order valence-electron chi connectivity index (χ4n) is 10.7. The van der Waals surface area contributed by atoms with E-state index in [1.165, 1.54) is 89.5 Å². The van der Waals surface area contributed by atoms with Gasteiger partial charge in [0.2, 0.25) is 0 Å². The summed E-state index contributed by atoms with van der Waals surface area (Å²) in [7, 11) is 0. The van der Waals surface area contributed by atoms with E-state index in [9.17, 15) is 0 Å². The molecule has 5 aliphatic heterocycles. The smallest absolute Gasteiger partial charge is 0.252 e. The first-order chi connectivity index (χ1) is 25.8. The number of para-hydroxylation sites is 6. The first kappa shape index (κ1) is 29.6. The summed E-state index contributed by atoms with van der Waals surface area (Å²) in [6.07, 6.45) is 0. The maximum atomic E-state index is 6.57. The first-order valence-corrected chi connectivity index (χ1v) is 18.9. The molecule has 0 radical (unpaired) electrons. The Labute approximate surface area is 311 Å². The summed E-state index contributed by atoms with van der Waals surface area (Å²) in [5.41, 5.74) is 20.7. The van der Waals surface area contributed by atoms with Crippen LogP contribution in [0.3, 0.4) is 0 Å². The minimum Gasteiger partial charge on any atom is -0.457 e. The van der Waals surface area contributed by atoms with Crippen molar-refractivity contribution in [2.24, 2.45) is 0 Å². The molecule has 0 aliphatic carbocycles. The highest BCUT2D eigenvalue weighted by Crippen LogP contribution is 2.58. The van der Waals surface area contributed by atoms with Gasteiger partial charge >= 0.3 is 0 Å². The molecule has 0 saturated carbocycles. The van der Waals surface area contributed by atoms with Gasteiger partial charge in [0.15, 0.2) is 0 Å². The summed E-state index contributed by atoms with van der Waals surface area (Å²) < 4.78 is 6.57. The second kappa shape index (κ2) is 9.90. The number of anilines is 6. The fraction of sp³-hybridized carbons (Fsp3) is 0.143. The third kappa shape index (κ3) is 3.57. The Morgan fingerprint density at radius 1 is 0.472 bits per heavy atom. The fourth-order valence-corrected chi connectivity index (χ4v) is 10.7. The number of ether oxygens (including phenoxy) is 1. The maximum absolute atomic E-state index is 6.57. The van der Waals surface area contributed by atoms with Crippen molar-refractivity contribution in [1.29, 1.82) is 0 Å². The molecule has 0 saturated heterocycles. The molecule has 5 aliphatic rings. The van der Waals surface area contributed by atoms with Gasteiger partial charge in [-0.1, -0.05) is 137 Å². The van der Waals surface area contributed by atoms with Crippen molar-refractivity contribution in [2.75, 3.05) is 9.80 Å². The quantitative estimate of drug-likeness (QED) is 0.161. The van der Waals surface area contributed by atoms with E-state index in [1.807, 2.05) is 0 Å². The molecule has 0 atom stereocenters. The zero-order valence-corrected chi connectivity index (χ0v) is 30.3. The summed E-state index contributed by atoms with van der Waals surface area (Å²) in [5, 5.41) is 0. The Morgan fingerprint density at radius 3 is 1.42 bits per heavy atom. The van der Waals surface area contributed by atoms with E-state index in [4.69, 9.17) is 4.74 Å². The summed E-state index contributed by atoms with van der Waals surface area (Å²) in [5.74, 6) is 1.85. The second-order valence-electron chi connectivity index (χ2n) is 16.5. The zero-order valence-electron chi connectivity index (χ0n) is 30.3. The van der Waals surface area contributed by atoms with Crippen LogP contribution < -0.4 is 30.9 Å². The van der Waals surface area contributed by atoms with E-state index in [1.54, 1.807) is 0 Å². The Bertz CT molecular complexity index is 2580. The molecule has 53 heavy (non-hydrogen) atoms. The highest BCUT2D eigenvalue weighted by atomic mass is 16.5. The number of nitrogens with zero attached hydrogens (tertiary/aromatic N) is 2. The summed E-state index contributed by atoms with van der Waals surface area (Å²) in [4.78, 5) is 5.24. The molecule has 3 nitrogen and oxygen atoms in total. The Balaban J connectivity index is 1.25. The summed E-state index contributed by atoms with van der Waals surface area (Å²) in [6.45, 7) is 9.69. The Kier molecular flexibility index (Phi) is 5.52. The van der Waals surface area contributed by atoms with Crippen LogP contribution in [0.15, 0.2) is 146 Å². The van der Waals surface area contributed by atoms with Crippen molar-refractivity contribution in [3.8, 4) is 11.5 Å². The van der Waals surface area contributed by atoms with Gasteiger partial charge in [0, 0.05) is 50.6 Å². The van der Waals surface area contributed by atoms with Gasteiger partial charge in [-0.3, -0.25) is 0 Å². The molecule has 5 heterocycles. The Hall–Kier alpha value is -6.00. The standard InChI is InChI=1S/C49H37BN2O/c1-48(2)32-17-7-9-23-38(32)51-40-27-29(44-30-15-5-11-25-42(30)53-43-26-12-6-16-31(43)44)28-41-45(40)50(36-21-13-19-34(48)46(36)51)37-22-14-20-35-47(37)52(41)39-24-10-8-18-33(39)49(35,3)4/h5-28,44H,1-4H3. The lowest BCUT2D eigenvalue weighted by atomic mass is 9.32. The molecule has 0 spiro atoms. The van der Waals surface area contributed by atoms with E-state index < -0.39 is 0 Å². The molecule has 4 heteroatoms. The SMILES string of the molecule is CC1(C)c2ccccc2N2c3cc(C4c5ccccc5Oc5ccccc54)cc4c3B(c3cccc1c32)c1cccc2c1N4c1ccccc1C2(C)C. The highest BCUT2D eigenvalue weighted by Gasteiger charge is 2.51. The van der Waals surface area contributed by atoms with E-state index in [2.05, 4.69) is 183 Å². The van der Waals surface area contributed by atoms with Crippen LogP contribution in [0.5, 0.6) is 11.5 Å². The van der Waals surface area contributed by atoms with Crippen molar-refractivity contribution in [3.63, 3.8) is 0 Å². The van der Waals surface area contributed by atoms with Crippen molar-refractivity contribution in [2.45, 2.75) is 44.4 Å².